The normalized spacial score (nSPS) is 9.76. The average Bonchev–Trinajstić information content (AvgIpc) is 2.47. The number of rotatable bonds is 2. The standard InChI is InChI=1S/C15H13BrN4O/c1-20(14-7-4-11(16)8-13(14)18)15(21)19-12-5-2-10(9-17)3-6-12/h2-8H,18H2,1H3,(H,19,21). The SMILES string of the molecule is CN(C(=O)Nc1ccc(C#N)cc1)c1ccc(Br)cc1N. The third-order valence-electron chi connectivity index (χ3n) is 2.92. The van der Waals surface area contributed by atoms with Gasteiger partial charge >= 0.3 is 6.03 Å². The number of hydrogen-bond donors (Lipinski definition) is 2. The van der Waals surface area contributed by atoms with Gasteiger partial charge < -0.3 is 11.1 Å². The van der Waals surface area contributed by atoms with Gasteiger partial charge in [-0.05, 0) is 42.5 Å². The van der Waals surface area contributed by atoms with Crippen LogP contribution in [0.15, 0.2) is 46.9 Å². The molecule has 106 valence electrons. The van der Waals surface area contributed by atoms with Crippen molar-refractivity contribution in [3.63, 3.8) is 0 Å². The minimum atomic E-state index is -0.311. The number of amides is 2. The Morgan fingerprint density at radius 1 is 1.29 bits per heavy atom. The molecular formula is C15H13BrN4O. The van der Waals surface area contributed by atoms with Crippen molar-refractivity contribution in [2.24, 2.45) is 0 Å². The summed E-state index contributed by atoms with van der Waals surface area (Å²) in [5, 5.41) is 11.5. The number of carbonyl (C=O) groups excluding carboxylic acids is 1. The zero-order chi connectivity index (χ0) is 15.4. The Kier molecular flexibility index (Phi) is 4.45. The summed E-state index contributed by atoms with van der Waals surface area (Å²) in [5.41, 5.74) is 8.17. The van der Waals surface area contributed by atoms with E-state index in [1.54, 1.807) is 43.4 Å². The maximum absolute atomic E-state index is 12.2. The van der Waals surface area contributed by atoms with E-state index >= 15 is 0 Å². The van der Waals surface area contributed by atoms with Crippen molar-refractivity contribution >= 4 is 39.0 Å². The second kappa shape index (κ2) is 6.29. The number of nitrogens with one attached hydrogen (secondary N) is 1. The summed E-state index contributed by atoms with van der Waals surface area (Å²) in [6.07, 6.45) is 0. The van der Waals surface area contributed by atoms with Crippen LogP contribution in [0, 0.1) is 11.3 Å². The van der Waals surface area contributed by atoms with Crippen LogP contribution >= 0.6 is 15.9 Å². The van der Waals surface area contributed by atoms with Crippen LogP contribution in [0.5, 0.6) is 0 Å². The lowest BCUT2D eigenvalue weighted by Gasteiger charge is -2.20. The zero-order valence-electron chi connectivity index (χ0n) is 11.3. The predicted octanol–water partition coefficient (Wildman–Crippen LogP) is 3.57. The second-order valence-corrected chi connectivity index (χ2v) is 5.30. The van der Waals surface area contributed by atoms with Crippen molar-refractivity contribution in [1.82, 2.24) is 0 Å². The van der Waals surface area contributed by atoms with Gasteiger partial charge in [0.25, 0.3) is 0 Å². The molecule has 0 spiro atoms. The number of nitrogens with two attached hydrogens (primary N) is 1. The highest BCUT2D eigenvalue weighted by atomic mass is 79.9. The van der Waals surface area contributed by atoms with E-state index in [2.05, 4.69) is 21.2 Å². The summed E-state index contributed by atoms with van der Waals surface area (Å²) in [5.74, 6) is 0. The minimum Gasteiger partial charge on any atom is -0.397 e. The van der Waals surface area contributed by atoms with Gasteiger partial charge in [0, 0.05) is 17.2 Å². The first-order chi connectivity index (χ1) is 10.0. The topological polar surface area (TPSA) is 82.2 Å². The number of nitrogens with zero attached hydrogens (tertiary/aromatic N) is 2. The van der Waals surface area contributed by atoms with Crippen molar-refractivity contribution < 1.29 is 4.79 Å². The Morgan fingerprint density at radius 3 is 2.52 bits per heavy atom. The molecule has 3 N–H and O–H groups in total. The maximum atomic E-state index is 12.2. The maximum Gasteiger partial charge on any atom is 0.326 e. The van der Waals surface area contributed by atoms with Gasteiger partial charge in [-0.25, -0.2) is 4.79 Å². The van der Waals surface area contributed by atoms with Gasteiger partial charge in [-0.2, -0.15) is 5.26 Å². The number of anilines is 3. The van der Waals surface area contributed by atoms with E-state index in [0.29, 0.717) is 22.6 Å². The zero-order valence-corrected chi connectivity index (χ0v) is 12.9. The second-order valence-electron chi connectivity index (χ2n) is 4.38. The number of halogens is 1. The third-order valence-corrected chi connectivity index (χ3v) is 3.41. The molecule has 0 radical (unpaired) electrons. The molecule has 0 aliphatic rings. The number of nitrogen functional groups attached to an aromatic ring is 1. The Labute approximate surface area is 131 Å². The van der Waals surface area contributed by atoms with E-state index in [9.17, 15) is 4.79 Å². The monoisotopic (exact) mass is 344 g/mol. The molecule has 0 aliphatic heterocycles. The summed E-state index contributed by atoms with van der Waals surface area (Å²) >= 11 is 3.32. The molecule has 0 aromatic heterocycles. The molecule has 2 aromatic carbocycles. The molecule has 0 unspecified atom stereocenters. The van der Waals surface area contributed by atoms with Crippen LogP contribution in [0.3, 0.4) is 0 Å². The summed E-state index contributed by atoms with van der Waals surface area (Å²) in [4.78, 5) is 13.6. The summed E-state index contributed by atoms with van der Waals surface area (Å²) < 4.78 is 0.852. The van der Waals surface area contributed by atoms with Gasteiger partial charge in [0.1, 0.15) is 0 Å². The Balaban J connectivity index is 2.13. The van der Waals surface area contributed by atoms with E-state index in [-0.39, 0.29) is 6.03 Å². The summed E-state index contributed by atoms with van der Waals surface area (Å²) in [6, 6.07) is 13.7. The molecule has 0 saturated carbocycles. The number of carbonyl (C=O) groups is 1. The predicted molar refractivity (Wildman–Crippen MR) is 87.1 cm³/mol. The van der Waals surface area contributed by atoms with E-state index in [1.807, 2.05) is 12.1 Å². The minimum absolute atomic E-state index is 0.311. The first-order valence-corrected chi connectivity index (χ1v) is 6.90. The van der Waals surface area contributed by atoms with Gasteiger partial charge in [0.05, 0.1) is 23.0 Å². The fraction of sp³-hybridized carbons (Fsp3) is 0.0667. The fourth-order valence-electron chi connectivity index (χ4n) is 1.78. The van der Waals surface area contributed by atoms with Crippen LogP contribution in [0.4, 0.5) is 21.9 Å². The molecule has 0 atom stereocenters. The van der Waals surface area contributed by atoms with Gasteiger partial charge in [0.2, 0.25) is 0 Å². The molecule has 0 heterocycles. The van der Waals surface area contributed by atoms with Crippen LogP contribution < -0.4 is 16.0 Å². The molecule has 5 nitrogen and oxygen atoms in total. The number of urea groups is 1. The molecule has 0 saturated heterocycles. The molecular weight excluding hydrogens is 332 g/mol. The highest BCUT2D eigenvalue weighted by molar-refractivity contribution is 9.10. The van der Waals surface area contributed by atoms with Crippen molar-refractivity contribution in [2.45, 2.75) is 0 Å². The molecule has 0 bridgehead atoms. The highest BCUT2D eigenvalue weighted by Crippen LogP contribution is 2.26. The van der Waals surface area contributed by atoms with Crippen LogP contribution in [-0.4, -0.2) is 13.1 Å². The van der Waals surface area contributed by atoms with Crippen molar-refractivity contribution in [2.75, 3.05) is 23.0 Å². The lowest BCUT2D eigenvalue weighted by atomic mass is 10.2. The molecule has 2 aromatic rings. The molecule has 21 heavy (non-hydrogen) atoms. The van der Waals surface area contributed by atoms with E-state index in [1.165, 1.54) is 4.90 Å². The Hall–Kier alpha value is -2.52. The first-order valence-electron chi connectivity index (χ1n) is 6.11. The van der Waals surface area contributed by atoms with Crippen molar-refractivity contribution in [3.05, 3.63) is 52.5 Å². The summed E-state index contributed by atoms with van der Waals surface area (Å²) in [6.45, 7) is 0. The van der Waals surface area contributed by atoms with Crippen LogP contribution in [0.1, 0.15) is 5.56 Å². The third kappa shape index (κ3) is 3.52. The van der Waals surface area contributed by atoms with Crippen LogP contribution in [-0.2, 0) is 0 Å². The quantitative estimate of drug-likeness (QED) is 0.817. The Bertz CT molecular complexity index is 707. The first kappa shape index (κ1) is 14.9. The molecule has 0 aliphatic carbocycles. The molecule has 6 heteroatoms. The van der Waals surface area contributed by atoms with Gasteiger partial charge in [-0.1, -0.05) is 15.9 Å². The fourth-order valence-corrected chi connectivity index (χ4v) is 2.15. The number of nitriles is 1. The van der Waals surface area contributed by atoms with Crippen molar-refractivity contribution in [1.29, 1.82) is 5.26 Å². The van der Waals surface area contributed by atoms with E-state index in [0.717, 1.165) is 4.47 Å². The molecule has 2 amide bonds. The van der Waals surface area contributed by atoms with Gasteiger partial charge in [-0.3, -0.25) is 4.90 Å². The van der Waals surface area contributed by atoms with E-state index in [4.69, 9.17) is 11.0 Å². The largest absolute Gasteiger partial charge is 0.397 e. The number of benzene rings is 2. The van der Waals surface area contributed by atoms with Gasteiger partial charge in [-0.15, -0.1) is 0 Å². The highest BCUT2D eigenvalue weighted by Gasteiger charge is 2.13. The van der Waals surface area contributed by atoms with Crippen LogP contribution in [0.2, 0.25) is 0 Å². The smallest absolute Gasteiger partial charge is 0.326 e. The lowest BCUT2D eigenvalue weighted by molar-refractivity contribution is 0.258. The van der Waals surface area contributed by atoms with Crippen molar-refractivity contribution in [3.8, 4) is 6.07 Å². The Morgan fingerprint density at radius 2 is 1.95 bits per heavy atom. The molecule has 2 rings (SSSR count). The molecule has 0 fully saturated rings. The van der Waals surface area contributed by atoms with Crippen LogP contribution in [0.25, 0.3) is 0 Å². The average molecular weight is 345 g/mol. The summed E-state index contributed by atoms with van der Waals surface area (Å²) in [7, 11) is 1.64. The van der Waals surface area contributed by atoms with E-state index < -0.39 is 0 Å². The van der Waals surface area contributed by atoms with Gasteiger partial charge in [0.15, 0.2) is 0 Å². The lowest BCUT2D eigenvalue weighted by Crippen LogP contribution is -2.31. The number of hydrogen-bond acceptors (Lipinski definition) is 3.